The Morgan fingerprint density at radius 3 is 2.78 bits per heavy atom. The first kappa shape index (κ1) is 5.03. The first-order valence-electron chi connectivity index (χ1n) is 3.25. The number of nitrogens with one attached hydrogen (secondary N) is 1. The highest BCUT2D eigenvalue weighted by atomic mass is 16.2. The first-order chi connectivity index (χ1) is 4.27. The fourth-order valence-electron chi connectivity index (χ4n) is 1.64. The quantitative estimate of drug-likeness (QED) is 0.465. The molecule has 1 aliphatic heterocycles. The van der Waals surface area contributed by atoms with Gasteiger partial charge in [0, 0.05) is 5.92 Å². The number of rotatable bonds is 0. The summed E-state index contributed by atoms with van der Waals surface area (Å²) < 4.78 is 0. The summed E-state index contributed by atoms with van der Waals surface area (Å²) in [5.41, 5.74) is 1.21. The maximum absolute atomic E-state index is 10.8. The minimum atomic E-state index is 0.229. The number of carbonyl (C=O) groups is 1. The van der Waals surface area contributed by atoms with Crippen molar-refractivity contribution in [2.75, 3.05) is 0 Å². The molecule has 2 aliphatic rings. The fraction of sp³-hybridized carbons (Fsp3) is 0.571. The van der Waals surface area contributed by atoms with Gasteiger partial charge in [0.1, 0.15) is 0 Å². The van der Waals surface area contributed by atoms with Crippen LogP contribution in [0.5, 0.6) is 0 Å². The Kier molecular flexibility index (Phi) is 0.770. The van der Waals surface area contributed by atoms with Gasteiger partial charge in [-0.2, -0.15) is 0 Å². The average Bonchev–Trinajstić information content (AvgIpc) is 2.24. The Bertz CT molecular complexity index is 165. The van der Waals surface area contributed by atoms with Crippen molar-refractivity contribution in [3.8, 4) is 0 Å². The third-order valence-electron chi connectivity index (χ3n) is 2.21. The summed E-state index contributed by atoms with van der Waals surface area (Å²) in [5.74, 6) is 0.495. The molecule has 1 saturated carbocycles. The van der Waals surface area contributed by atoms with E-state index in [1.807, 2.05) is 0 Å². The largest absolute Gasteiger partial charge is 0.349 e. The summed E-state index contributed by atoms with van der Waals surface area (Å²) in [6.45, 7) is 3.86. The second kappa shape index (κ2) is 1.38. The zero-order valence-corrected chi connectivity index (χ0v) is 5.18. The van der Waals surface area contributed by atoms with Crippen LogP contribution in [0.2, 0.25) is 0 Å². The second-order valence-corrected chi connectivity index (χ2v) is 2.86. The van der Waals surface area contributed by atoms with Crippen LogP contribution in [0.25, 0.3) is 0 Å². The zero-order chi connectivity index (χ0) is 6.43. The molecule has 2 heteroatoms. The molecule has 48 valence electrons. The van der Waals surface area contributed by atoms with Gasteiger partial charge in [0.05, 0.1) is 6.04 Å². The van der Waals surface area contributed by atoms with Crippen LogP contribution in [0.4, 0.5) is 0 Å². The topological polar surface area (TPSA) is 29.1 Å². The molecule has 9 heavy (non-hydrogen) atoms. The summed E-state index contributed by atoms with van der Waals surface area (Å²) in [6.07, 6.45) is 1.92. The lowest BCUT2D eigenvalue weighted by atomic mass is 10.1. The van der Waals surface area contributed by atoms with Crippen LogP contribution in [0.15, 0.2) is 12.2 Å². The van der Waals surface area contributed by atoms with Crippen LogP contribution in [0.3, 0.4) is 0 Å². The monoisotopic (exact) mass is 123 g/mol. The van der Waals surface area contributed by atoms with Gasteiger partial charge in [0.2, 0.25) is 5.91 Å². The standard InChI is InChI=1S/C7H9NO/c1-4-2-5-3-6(4)8-7(5)9/h5-6H,1-3H2,(H,8,9)/t5-,6-/m0/s1. The Morgan fingerprint density at radius 1 is 1.67 bits per heavy atom. The van der Waals surface area contributed by atoms with Crippen LogP contribution in [0, 0.1) is 5.92 Å². The van der Waals surface area contributed by atoms with Crippen molar-refractivity contribution in [1.29, 1.82) is 0 Å². The van der Waals surface area contributed by atoms with Gasteiger partial charge < -0.3 is 5.32 Å². The molecule has 2 fully saturated rings. The Labute approximate surface area is 53.9 Å². The number of amides is 1. The van der Waals surface area contributed by atoms with Crippen LogP contribution >= 0.6 is 0 Å². The molecule has 0 aromatic carbocycles. The molecule has 2 atom stereocenters. The van der Waals surface area contributed by atoms with E-state index < -0.39 is 0 Å². The van der Waals surface area contributed by atoms with E-state index in [9.17, 15) is 4.79 Å². The van der Waals surface area contributed by atoms with Gasteiger partial charge in [-0.05, 0) is 12.8 Å². The molecule has 2 nitrogen and oxygen atoms in total. The van der Waals surface area contributed by atoms with Gasteiger partial charge in [-0.25, -0.2) is 0 Å². The maximum atomic E-state index is 10.8. The molecule has 1 amide bonds. The minimum Gasteiger partial charge on any atom is -0.349 e. The zero-order valence-electron chi connectivity index (χ0n) is 5.18. The maximum Gasteiger partial charge on any atom is 0.223 e. The van der Waals surface area contributed by atoms with Gasteiger partial charge in [0.15, 0.2) is 0 Å². The molecule has 0 spiro atoms. The van der Waals surface area contributed by atoms with E-state index in [0.29, 0.717) is 6.04 Å². The van der Waals surface area contributed by atoms with Gasteiger partial charge >= 0.3 is 0 Å². The molecule has 1 N–H and O–H groups in total. The van der Waals surface area contributed by atoms with E-state index in [1.165, 1.54) is 5.57 Å². The summed E-state index contributed by atoms with van der Waals surface area (Å²) in [4.78, 5) is 10.8. The van der Waals surface area contributed by atoms with E-state index >= 15 is 0 Å². The molecule has 2 rings (SSSR count). The molecular formula is C7H9NO. The molecule has 1 aliphatic carbocycles. The lowest BCUT2D eigenvalue weighted by Gasteiger charge is -2.12. The molecule has 0 radical (unpaired) electrons. The third-order valence-corrected chi connectivity index (χ3v) is 2.21. The van der Waals surface area contributed by atoms with Crippen LogP contribution < -0.4 is 5.32 Å². The van der Waals surface area contributed by atoms with Gasteiger partial charge in [-0.3, -0.25) is 4.79 Å². The highest BCUT2D eigenvalue weighted by Crippen LogP contribution is 2.34. The van der Waals surface area contributed by atoms with E-state index in [0.717, 1.165) is 12.8 Å². The number of hydrogen-bond donors (Lipinski definition) is 1. The third kappa shape index (κ3) is 0.530. The Hall–Kier alpha value is -0.790. The first-order valence-corrected chi connectivity index (χ1v) is 3.25. The average molecular weight is 123 g/mol. The molecule has 0 unspecified atom stereocenters. The highest BCUT2D eigenvalue weighted by molar-refractivity contribution is 5.84. The van der Waals surface area contributed by atoms with E-state index in [-0.39, 0.29) is 11.8 Å². The van der Waals surface area contributed by atoms with Crippen molar-refractivity contribution < 1.29 is 4.79 Å². The molecule has 0 aromatic rings. The fourth-order valence-corrected chi connectivity index (χ4v) is 1.64. The molecule has 1 saturated heterocycles. The Balaban J connectivity index is 2.28. The van der Waals surface area contributed by atoms with Crippen molar-refractivity contribution in [2.24, 2.45) is 5.92 Å². The van der Waals surface area contributed by atoms with Crippen molar-refractivity contribution in [1.82, 2.24) is 5.32 Å². The number of hydrogen-bond acceptors (Lipinski definition) is 1. The van der Waals surface area contributed by atoms with Crippen molar-refractivity contribution in [3.63, 3.8) is 0 Å². The SMILES string of the molecule is C=C1C[C@H]2C[C@@H]1NC2=O. The molecule has 2 bridgehead atoms. The number of piperidine rings is 1. The highest BCUT2D eigenvalue weighted by Gasteiger charge is 2.40. The van der Waals surface area contributed by atoms with Crippen molar-refractivity contribution in [3.05, 3.63) is 12.2 Å². The minimum absolute atomic E-state index is 0.229. The summed E-state index contributed by atoms with van der Waals surface area (Å²) in [6, 6.07) is 0.322. The van der Waals surface area contributed by atoms with Gasteiger partial charge in [-0.1, -0.05) is 12.2 Å². The van der Waals surface area contributed by atoms with Crippen molar-refractivity contribution in [2.45, 2.75) is 18.9 Å². The lowest BCUT2D eigenvalue weighted by Crippen LogP contribution is -2.31. The van der Waals surface area contributed by atoms with E-state index in [1.54, 1.807) is 0 Å². The van der Waals surface area contributed by atoms with Gasteiger partial charge in [-0.15, -0.1) is 0 Å². The number of fused-ring (bicyclic) bond motifs is 2. The van der Waals surface area contributed by atoms with Crippen LogP contribution in [-0.2, 0) is 4.79 Å². The normalized spacial score (nSPS) is 39.6. The molecular weight excluding hydrogens is 114 g/mol. The van der Waals surface area contributed by atoms with Crippen LogP contribution in [0.1, 0.15) is 12.8 Å². The second-order valence-electron chi connectivity index (χ2n) is 2.86. The predicted octanol–water partition coefficient (Wildman–Crippen LogP) is 0.451. The van der Waals surface area contributed by atoms with Crippen molar-refractivity contribution >= 4 is 5.91 Å². The molecule has 0 aromatic heterocycles. The van der Waals surface area contributed by atoms with E-state index in [4.69, 9.17) is 0 Å². The smallest absolute Gasteiger partial charge is 0.223 e. The summed E-state index contributed by atoms with van der Waals surface area (Å²) in [5, 5.41) is 2.86. The Morgan fingerprint density at radius 2 is 2.44 bits per heavy atom. The van der Waals surface area contributed by atoms with Gasteiger partial charge in [0.25, 0.3) is 0 Å². The predicted molar refractivity (Wildman–Crippen MR) is 33.8 cm³/mol. The van der Waals surface area contributed by atoms with E-state index in [2.05, 4.69) is 11.9 Å². The summed E-state index contributed by atoms with van der Waals surface area (Å²) >= 11 is 0. The van der Waals surface area contributed by atoms with Crippen LogP contribution in [-0.4, -0.2) is 11.9 Å². The number of carbonyl (C=O) groups excluding carboxylic acids is 1. The lowest BCUT2D eigenvalue weighted by molar-refractivity contribution is -0.123. The summed E-state index contributed by atoms with van der Waals surface area (Å²) in [7, 11) is 0. The molecule has 1 heterocycles.